The van der Waals surface area contributed by atoms with Gasteiger partial charge in [-0.2, -0.15) is 11.8 Å². The molecule has 4 heteroatoms. The first-order valence-corrected chi connectivity index (χ1v) is 9.35. The molecule has 0 aliphatic heterocycles. The van der Waals surface area contributed by atoms with E-state index in [4.69, 9.17) is 0 Å². The standard InChI is InChI=1S/C14H21Br2NS/c1-18-9-5-3-2-4-8-17-11-12-6-7-13(15)14(16)10-12/h6-7,10,17H,2-5,8-9,11H2,1H3. The van der Waals surface area contributed by atoms with E-state index in [1.807, 2.05) is 11.8 Å². The second-order valence-corrected chi connectivity index (χ2v) is 7.03. The van der Waals surface area contributed by atoms with Crippen LogP contribution >= 0.6 is 43.6 Å². The van der Waals surface area contributed by atoms with Crippen molar-refractivity contribution in [2.24, 2.45) is 0 Å². The molecule has 0 aliphatic rings. The Balaban J connectivity index is 2.05. The Bertz CT molecular complexity index is 345. The Morgan fingerprint density at radius 2 is 1.83 bits per heavy atom. The fraction of sp³-hybridized carbons (Fsp3) is 0.571. The maximum absolute atomic E-state index is 3.53. The molecule has 0 atom stereocenters. The second-order valence-electron chi connectivity index (χ2n) is 4.33. The summed E-state index contributed by atoms with van der Waals surface area (Å²) in [5.41, 5.74) is 1.33. The quantitative estimate of drug-likeness (QED) is 0.575. The fourth-order valence-corrected chi connectivity index (χ4v) is 2.90. The minimum absolute atomic E-state index is 0.955. The number of rotatable bonds is 9. The molecule has 0 saturated carbocycles. The van der Waals surface area contributed by atoms with E-state index in [9.17, 15) is 0 Å². The topological polar surface area (TPSA) is 12.0 Å². The molecule has 0 amide bonds. The molecule has 18 heavy (non-hydrogen) atoms. The van der Waals surface area contributed by atoms with Gasteiger partial charge < -0.3 is 5.32 Å². The van der Waals surface area contributed by atoms with E-state index in [1.165, 1.54) is 37.0 Å². The summed E-state index contributed by atoms with van der Waals surface area (Å²) in [5, 5.41) is 3.50. The van der Waals surface area contributed by atoms with Crippen LogP contribution in [-0.2, 0) is 6.54 Å². The molecule has 0 heterocycles. The number of hydrogen-bond acceptors (Lipinski definition) is 2. The number of halogens is 2. The molecule has 0 aromatic heterocycles. The van der Waals surface area contributed by atoms with Crippen LogP contribution < -0.4 is 5.32 Å². The minimum atomic E-state index is 0.955. The van der Waals surface area contributed by atoms with Crippen molar-refractivity contribution in [1.82, 2.24) is 5.32 Å². The van der Waals surface area contributed by atoms with Crippen LogP contribution in [-0.4, -0.2) is 18.6 Å². The van der Waals surface area contributed by atoms with Crippen molar-refractivity contribution in [3.05, 3.63) is 32.7 Å². The largest absolute Gasteiger partial charge is 0.313 e. The van der Waals surface area contributed by atoms with Gasteiger partial charge in [0.05, 0.1) is 0 Å². The molecule has 1 aromatic carbocycles. The van der Waals surface area contributed by atoms with Crippen LogP contribution in [0.2, 0.25) is 0 Å². The average molecular weight is 395 g/mol. The second kappa shape index (κ2) is 10.3. The highest BCUT2D eigenvalue weighted by Crippen LogP contribution is 2.23. The van der Waals surface area contributed by atoms with Gasteiger partial charge in [0, 0.05) is 15.5 Å². The Labute approximate surface area is 132 Å². The molecule has 102 valence electrons. The van der Waals surface area contributed by atoms with Gasteiger partial charge in [-0.15, -0.1) is 0 Å². The highest BCUT2D eigenvalue weighted by atomic mass is 79.9. The summed E-state index contributed by atoms with van der Waals surface area (Å²) in [6.07, 6.45) is 7.54. The molecule has 0 radical (unpaired) electrons. The molecule has 0 saturated heterocycles. The third-order valence-electron chi connectivity index (χ3n) is 2.77. The predicted molar refractivity (Wildman–Crippen MR) is 90.4 cm³/mol. The van der Waals surface area contributed by atoms with Gasteiger partial charge >= 0.3 is 0 Å². The maximum Gasteiger partial charge on any atom is 0.0320 e. The van der Waals surface area contributed by atoms with Crippen LogP contribution in [0.15, 0.2) is 27.1 Å². The SMILES string of the molecule is CSCCCCCCNCc1ccc(Br)c(Br)c1. The molecule has 1 rings (SSSR count). The van der Waals surface area contributed by atoms with Crippen molar-refractivity contribution in [3.63, 3.8) is 0 Å². The Kier molecular flexibility index (Phi) is 9.47. The van der Waals surface area contributed by atoms with Crippen molar-refractivity contribution in [1.29, 1.82) is 0 Å². The molecule has 0 aliphatic carbocycles. The van der Waals surface area contributed by atoms with Crippen molar-refractivity contribution in [2.45, 2.75) is 32.2 Å². The third-order valence-corrected chi connectivity index (χ3v) is 5.34. The van der Waals surface area contributed by atoms with Crippen LogP contribution in [0.3, 0.4) is 0 Å². The van der Waals surface area contributed by atoms with Gasteiger partial charge in [-0.3, -0.25) is 0 Å². The zero-order chi connectivity index (χ0) is 13.2. The smallest absolute Gasteiger partial charge is 0.0320 e. The lowest BCUT2D eigenvalue weighted by molar-refractivity contribution is 0.599. The zero-order valence-corrected chi connectivity index (χ0v) is 14.8. The summed E-state index contributed by atoms with van der Waals surface area (Å²) in [5.74, 6) is 1.31. The first kappa shape index (κ1) is 16.5. The van der Waals surface area contributed by atoms with Crippen LogP contribution in [0.4, 0.5) is 0 Å². The number of unbranched alkanes of at least 4 members (excludes halogenated alkanes) is 3. The van der Waals surface area contributed by atoms with E-state index >= 15 is 0 Å². The molecule has 1 N–H and O–H groups in total. The summed E-state index contributed by atoms with van der Waals surface area (Å²) in [7, 11) is 0. The van der Waals surface area contributed by atoms with E-state index in [2.05, 4.69) is 61.6 Å². The maximum atomic E-state index is 3.53. The minimum Gasteiger partial charge on any atom is -0.313 e. The van der Waals surface area contributed by atoms with Gasteiger partial charge in [0.15, 0.2) is 0 Å². The zero-order valence-electron chi connectivity index (χ0n) is 10.8. The summed E-state index contributed by atoms with van der Waals surface area (Å²) < 4.78 is 2.24. The molecule has 1 aromatic rings. The monoisotopic (exact) mass is 393 g/mol. The molecule has 0 unspecified atom stereocenters. The van der Waals surface area contributed by atoms with E-state index < -0.39 is 0 Å². The highest BCUT2D eigenvalue weighted by Gasteiger charge is 1.98. The van der Waals surface area contributed by atoms with Crippen LogP contribution in [0.1, 0.15) is 31.2 Å². The molecule has 0 bridgehead atoms. The number of benzene rings is 1. The lowest BCUT2D eigenvalue weighted by Gasteiger charge is -2.06. The lowest BCUT2D eigenvalue weighted by atomic mass is 10.2. The van der Waals surface area contributed by atoms with Gasteiger partial charge in [0.25, 0.3) is 0 Å². The third kappa shape index (κ3) is 7.17. The van der Waals surface area contributed by atoms with E-state index in [0.29, 0.717) is 0 Å². The van der Waals surface area contributed by atoms with Crippen molar-refractivity contribution >= 4 is 43.6 Å². The van der Waals surface area contributed by atoms with E-state index in [-0.39, 0.29) is 0 Å². The molecule has 0 fully saturated rings. The van der Waals surface area contributed by atoms with Gasteiger partial charge in [0.2, 0.25) is 0 Å². The average Bonchev–Trinajstić information content (AvgIpc) is 2.37. The number of hydrogen-bond donors (Lipinski definition) is 1. The first-order valence-electron chi connectivity index (χ1n) is 6.37. The summed E-state index contributed by atoms with van der Waals surface area (Å²) in [4.78, 5) is 0. The van der Waals surface area contributed by atoms with Gasteiger partial charge in [-0.25, -0.2) is 0 Å². The van der Waals surface area contributed by atoms with Crippen molar-refractivity contribution in [2.75, 3.05) is 18.6 Å². The molecular weight excluding hydrogens is 374 g/mol. The first-order chi connectivity index (χ1) is 8.74. The predicted octanol–water partition coefficient (Wildman–Crippen LogP) is 5.22. The van der Waals surface area contributed by atoms with Crippen molar-refractivity contribution < 1.29 is 0 Å². The summed E-state index contributed by atoms with van der Waals surface area (Å²) in [6.45, 7) is 2.07. The van der Waals surface area contributed by atoms with Gasteiger partial charge in [-0.05, 0) is 81.0 Å². The van der Waals surface area contributed by atoms with E-state index in [0.717, 1.165) is 22.0 Å². The normalized spacial score (nSPS) is 10.8. The summed E-state index contributed by atoms with van der Waals surface area (Å²) >= 11 is 8.96. The van der Waals surface area contributed by atoms with Gasteiger partial charge in [0.1, 0.15) is 0 Å². The lowest BCUT2D eigenvalue weighted by Crippen LogP contribution is -2.14. The van der Waals surface area contributed by atoms with Crippen LogP contribution in [0, 0.1) is 0 Å². The molecular formula is C14H21Br2NS. The molecule has 1 nitrogen and oxygen atoms in total. The van der Waals surface area contributed by atoms with Crippen LogP contribution in [0.5, 0.6) is 0 Å². The highest BCUT2D eigenvalue weighted by molar-refractivity contribution is 9.13. The fourth-order valence-electron chi connectivity index (χ4n) is 1.73. The van der Waals surface area contributed by atoms with Crippen molar-refractivity contribution in [3.8, 4) is 0 Å². The number of nitrogens with one attached hydrogen (secondary N) is 1. The van der Waals surface area contributed by atoms with Gasteiger partial charge in [-0.1, -0.05) is 18.9 Å². The van der Waals surface area contributed by atoms with E-state index in [1.54, 1.807) is 0 Å². The Morgan fingerprint density at radius 3 is 2.56 bits per heavy atom. The number of thioether (sulfide) groups is 1. The summed E-state index contributed by atoms with van der Waals surface area (Å²) in [6, 6.07) is 6.40. The Morgan fingerprint density at radius 1 is 1.06 bits per heavy atom. The molecule has 0 spiro atoms. The Hall–Kier alpha value is 0.490. The van der Waals surface area contributed by atoms with Crippen LogP contribution in [0.25, 0.3) is 0 Å².